The molecule has 1 fully saturated rings. The molecule has 1 aromatic rings. The average molecular weight is 238 g/mol. The molecule has 0 saturated carbocycles. The lowest BCUT2D eigenvalue weighted by Crippen LogP contribution is -2.48. The second-order valence-electron chi connectivity index (χ2n) is 5.03. The summed E-state index contributed by atoms with van der Waals surface area (Å²) in [5.41, 5.74) is 0.354. The summed E-state index contributed by atoms with van der Waals surface area (Å²) in [6, 6.07) is 0. The Balaban J connectivity index is 2.21. The monoisotopic (exact) mass is 238 g/mol. The highest BCUT2D eigenvalue weighted by Gasteiger charge is 2.33. The predicted octanol–water partition coefficient (Wildman–Crippen LogP) is 1.28. The van der Waals surface area contributed by atoms with Gasteiger partial charge in [-0.25, -0.2) is 0 Å². The maximum absolute atomic E-state index is 12.3. The smallest absolute Gasteiger partial charge is 0.259 e. The molecule has 1 amide bonds. The van der Waals surface area contributed by atoms with Gasteiger partial charge in [-0.2, -0.15) is 0 Å². The first-order valence-electron chi connectivity index (χ1n) is 5.85. The van der Waals surface area contributed by atoms with E-state index >= 15 is 0 Å². The SMILES string of the molecule is Cc1noc(C)c1C(=O)N1CCCC(C)(O)C1. The van der Waals surface area contributed by atoms with Crippen LogP contribution < -0.4 is 0 Å². The van der Waals surface area contributed by atoms with Crippen molar-refractivity contribution >= 4 is 5.91 Å². The van der Waals surface area contributed by atoms with Gasteiger partial charge in [-0.1, -0.05) is 5.16 Å². The van der Waals surface area contributed by atoms with E-state index < -0.39 is 5.60 Å². The zero-order valence-electron chi connectivity index (χ0n) is 10.5. The molecule has 1 aliphatic heterocycles. The zero-order chi connectivity index (χ0) is 12.6. The summed E-state index contributed by atoms with van der Waals surface area (Å²) in [6.07, 6.45) is 1.56. The quantitative estimate of drug-likeness (QED) is 0.800. The Kier molecular flexibility index (Phi) is 2.95. The lowest BCUT2D eigenvalue weighted by Gasteiger charge is -2.36. The van der Waals surface area contributed by atoms with Gasteiger partial charge in [0.15, 0.2) is 0 Å². The molecule has 17 heavy (non-hydrogen) atoms. The van der Waals surface area contributed by atoms with Gasteiger partial charge in [-0.05, 0) is 33.6 Å². The summed E-state index contributed by atoms with van der Waals surface area (Å²) in [4.78, 5) is 14.0. The molecule has 1 atom stereocenters. The molecule has 0 aliphatic carbocycles. The molecule has 2 heterocycles. The lowest BCUT2D eigenvalue weighted by atomic mass is 9.94. The number of β-amino-alcohol motifs (C(OH)–C–C–N with tert-alkyl or cyclic N) is 1. The third-order valence-electron chi connectivity index (χ3n) is 3.21. The fourth-order valence-corrected chi connectivity index (χ4v) is 2.34. The zero-order valence-corrected chi connectivity index (χ0v) is 10.5. The number of aryl methyl sites for hydroxylation is 2. The van der Waals surface area contributed by atoms with Gasteiger partial charge >= 0.3 is 0 Å². The van der Waals surface area contributed by atoms with Crippen LogP contribution in [0.15, 0.2) is 4.52 Å². The largest absolute Gasteiger partial charge is 0.388 e. The Bertz CT molecular complexity index is 417. The summed E-state index contributed by atoms with van der Waals surface area (Å²) in [5, 5.41) is 13.8. The number of hydrogen-bond donors (Lipinski definition) is 1. The van der Waals surface area contributed by atoms with Crippen molar-refractivity contribution in [3.05, 3.63) is 17.0 Å². The number of carbonyl (C=O) groups excluding carboxylic acids is 1. The second-order valence-corrected chi connectivity index (χ2v) is 5.03. The summed E-state index contributed by atoms with van der Waals surface area (Å²) < 4.78 is 5.00. The number of nitrogens with zero attached hydrogens (tertiary/aromatic N) is 2. The van der Waals surface area contributed by atoms with Crippen LogP contribution in [0.1, 0.15) is 41.6 Å². The van der Waals surface area contributed by atoms with Gasteiger partial charge in [-0.3, -0.25) is 4.79 Å². The van der Waals surface area contributed by atoms with Crippen molar-refractivity contribution in [3.63, 3.8) is 0 Å². The summed E-state index contributed by atoms with van der Waals surface area (Å²) in [5.74, 6) is 0.443. The third-order valence-corrected chi connectivity index (χ3v) is 3.21. The van der Waals surface area contributed by atoms with E-state index in [4.69, 9.17) is 4.52 Å². The molecule has 2 rings (SSSR count). The average Bonchev–Trinajstić information content (AvgIpc) is 2.56. The van der Waals surface area contributed by atoms with Crippen molar-refractivity contribution in [1.82, 2.24) is 10.1 Å². The molecule has 94 valence electrons. The first kappa shape index (κ1) is 12.1. The van der Waals surface area contributed by atoms with Crippen molar-refractivity contribution in [2.45, 2.75) is 39.2 Å². The number of aromatic nitrogens is 1. The van der Waals surface area contributed by atoms with Crippen LogP contribution >= 0.6 is 0 Å². The van der Waals surface area contributed by atoms with Crippen molar-refractivity contribution in [3.8, 4) is 0 Å². The van der Waals surface area contributed by atoms with E-state index in [-0.39, 0.29) is 5.91 Å². The van der Waals surface area contributed by atoms with Gasteiger partial charge in [0.2, 0.25) is 0 Å². The van der Waals surface area contributed by atoms with E-state index in [1.54, 1.807) is 25.7 Å². The fourth-order valence-electron chi connectivity index (χ4n) is 2.34. The molecule has 1 unspecified atom stereocenters. The van der Waals surface area contributed by atoms with E-state index in [1.165, 1.54) is 0 Å². The Morgan fingerprint density at radius 1 is 1.53 bits per heavy atom. The van der Waals surface area contributed by atoms with E-state index in [9.17, 15) is 9.90 Å². The molecular weight excluding hydrogens is 220 g/mol. The van der Waals surface area contributed by atoms with Crippen LogP contribution in [-0.4, -0.2) is 39.8 Å². The van der Waals surface area contributed by atoms with Crippen LogP contribution in [0.2, 0.25) is 0 Å². The molecule has 1 aliphatic rings. The Morgan fingerprint density at radius 3 is 2.76 bits per heavy atom. The first-order chi connectivity index (χ1) is 7.91. The summed E-state index contributed by atoms with van der Waals surface area (Å²) in [7, 11) is 0. The number of hydrogen-bond acceptors (Lipinski definition) is 4. The minimum atomic E-state index is -0.785. The summed E-state index contributed by atoms with van der Waals surface area (Å²) >= 11 is 0. The van der Waals surface area contributed by atoms with E-state index in [0.717, 1.165) is 12.8 Å². The van der Waals surface area contributed by atoms with Crippen LogP contribution in [0.4, 0.5) is 0 Å². The van der Waals surface area contributed by atoms with Crippen LogP contribution in [-0.2, 0) is 0 Å². The number of carbonyl (C=O) groups is 1. The maximum Gasteiger partial charge on any atom is 0.259 e. The van der Waals surface area contributed by atoms with Gasteiger partial charge < -0.3 is 14.5 Å². The highest BCUT2D eigenvalue weighted by molar-refractivity contribution is 5.96. The number of piperidine rings is 1. The molecule has 0 spiro atoms. The maximum atomic E-state index is 12.3. The standard InChI is InChI=1S/C12H18N2O3/c1-8-10(9(2)17-13-8)11(15)14-6-4-5-12(3,16)7-14/h16H,4-7H2,1-3H3. The molecule has 5 nitrogen and oxygen atoms in total. The first-order valence-corrected chi connectivity index (χ1v) is 5.85. The number of rotatable bonds is 1. The highest BCUT2D eigenvalue weighted by atomic mass is 16.5. The van der Waals surface area contributed by atoms with Gasteiger partial charge in [0.25, 0.3) is 5.91 Å². The molecule has 1 N–H and O–H groups in total. The van der Waals surface area contributed by atoms with Crippen LogP contribution in [0.5, 0.6) is 0 Å². The van der Waals surface area contributed by atoms with Crippen LogP contribution in [0.3, 0.4) is 0 Å². The molecule has 0 bridgehead atoms. The minimum Gasteiger partial charge on any atom is -0.388 e. The predicted molar refractivity (Wildman–Crippen MR) is 61.7 cm³/mol. The molecule has 0 aromatic carbocycles. The van der Waals surface area contributed by atoms with E-state index in [1.807, 2.05) is 0 Å². The van der Waals surface area contributed by atoms with E-state index in [0.29, 0.717) is 30.1 Å². The second kappa shape index (κ2) is 4.14. The minimum absolute atomic E-state index is 0.0961. The molecule has 1 saturated heterocycles. The highest BCUT2D eigenvalue weighted by Crippen LogP contribution is 2.23. The van der Waals surface area contributed by atoms with Gasteiger partial charge in [0, 0.05) is 13.1 Å². The number of aliphatic hydroxyl groups is 1. The van der Waals surface area contributed by atoms with Crippen molar-refractivity contribution < 1.29 is 14.4 Å². The molecule has 5 heteroatoms. The molecular formula is C12H18N2O3. The van der Waals surface area contributed by atoms with Gasteiger partial charge in [0.05, 0.1) is 11.3 Å². The normalized spacial score (nSPS) is 25.1. The van der Waals surface area contributed by atoms with Gasteiger partial charge in [0.1, 0.15) is 11.3 Å². The van der Waals surface area contributed by atoms with Crippen LogP contribution in [0, 0.1) is 13.8 Å². The fraction of sp³-hybridized carbons (Fsp3) is 0.667. The van der Waals surface area contributed by atoms with E-state index in [2.05, 4.69) is 5.16 Å². The Labute approximate surface area is 100 Å². The van der Waals surface area contributed by atoms with Gasteiger partial charge in [-0.15, -0.1) is 0 Å². The molecule has 1 aromatic heterocycles. The molecule has 0 radical (unpaired) electrons. The Morgan fingerprint density at radius 2 is 2.24 bits per heavy atom. The summed E-state index contributed by atoms with van der Waals surface area (Å²) in [6.45, 7) is 6.30. The van der Waals surface area contributed by atoms with Crippen LogP contribution in [0.25, 0.3) is 0 Å². The number of likely N-dealkylation sites (tertiary alicyclic amines) is 1. The van der Waals surface area contributed by atoms with Crippen molar-refractivity contribution in [1.29, 1.82) is 0 Å². The van der Waals surface area contributed by atoms with Crippen molar-refractivity contribution in [2.75, 3.05) is 13.1 Å². The third kappa shape index (κ3) is 2.34. The van der Waals surface area contributed by atoms with Crippen molar-refractivity contribution in [2.24, 2.45) is 0 Å². The Hall–Kier alpha value is -1.36. The number of amides is 1. The lowest BCUT2D eigenvalue weighted by molar-refractivity contribution is -0.0108. The topological polar surface area (TPSA) is 66.6 Å².